The summed E-state index contributed by atoms with van der Waals surface area (Å²) in [5.74, 6) is 0.0737. The number of carbonyl (C=O) groups is 1. The maximum Gasteiger partial charge on any atom is 0.291 e. The van der Waals surface area contributed by atoms with E-state index in [0.29, 0.717) is 26.2 Å². The Kier molecular flexibility index (Phi) is 3.69. The van der Waals surface area contributed by atoms with Crippen LogP contribution in [0.5, 0.6) is 0 Å². The van der Waals surface area contributed by atoms with Gasteiger partial charge < -0.3 is 9.80 Å². The average molecular weight is 302 g/mol. The molecular weight excluding hydrogens is 288 g/mol. The Hall–Kier alpha value is -2.97. The molecule has 9 nitrogen and oxygen atoms in total. The number of nitro benzene ring substituents is 1. The Labute approximate surface area is 125 Å². The first kappa shape index (κ1) is 14.0. The number of amides is 1. The summed E-state index contributed by atoms with van der Waals surface area (Å²) in [6.45, 7) is 2.46. The van der Waals surface area contributed by atoms with Crippen molar-refractivity contribution in [1.82, 2.24) is 20.1 Å². The van der Waals surface area contributed by atoms with Crippen LogP contribution in [-0.2, 0) is 0 Å². The molecule has 1 aromatic heterocycles. The molecule has 0 bridgehead atoms. The molecule has 1 amide bonds. The highest BCUT2D eigenvalue weighted by Gasteiger charge is 2.24. The third-order valence-corrected chi connectivity index (χ3v) is 3.61. The van der Waals surface area contributed by atoms with Crippen molar-refractivity contribution in [3.8, 4) is 0 Å². The molecule has 1 aliphatic heterocycles. The van der Waals surface area contributed by atoms with E-state index in [1.54, 1.807) is 17.0 Å². The molecule has 0 unspecified atom stereocenters. The predicted octanol–water partition coefficient (Wildman–Crippen LogP) is 0.675. The zero-order chi connectivity index (χ0) is 15.5. The molecule has 1 fully saturated rings. The number of H-pyrrole nitrogens is 1. The van der Waals surface area contributed by atoms with E-state index >= 15 is 0 Å². The highest BCUT2D eigenvalue weighted by Crippen LogP contribution is 2.20. The number of aromatic nitrogens is 3. The van der Waals surface area contributed by atoms with Crippen LogP contribution < -0.4 is 4.90 Å². The van der Waals surface area contributed by atoms with Gasteiger partial charge in [0.2, 0.25) is 5.82 Å². The number of carbonyl (C=O) groups excluding carboxylic acids is 1. The van der Waals surface area contributed by atoms with E-state index in [1.807, 2.05) is 0 Å². The van der Waals surface area contributed by atoms with Gasteiger partial charge in [-0.15, -0.1) is 0 Å². The van der Waals surface area contributed by atoms with Crippen molar-refractivity contribution in [1.29, 1.82) is 0 Å². The van der Waals surface area contributed by atoms with Gasteiger partial charge in [0.15, 0.2) is 0 Å². The van der Waals surface area contributed by atoms with E-state index in [9.17, 15) is 14.9 Å². The molecule has 2 heterocycles. The van der Waals surface area contributed by atoms with E-state index in [4.69, 9.17) is 0 Å². The van der Waals surface area contributed by atoms with Crippen LogP contribution in [0.25, 0.3) is 0 Å². The molecule has 1 saturated heterocycles. The molecule has 0 atom stereocenters. The number of benzene rings is 1. The molecular formula is C13H14N6O3. The number of nitrogens with zero attached hydrogens (tertiary/aromatic N) is 5. The lowest BCUT2D eigenvalue weighted by Crippen LogP contribution is -2.49. The van der Waals surface area contributed by atoms with Gasteiger partial charge in [-0.25, -0.2) is 4.98 Å². The van der Waals surface area contributed by atoms with Gasteiger partial charge in [0.05, 0.1) is 4.92 Å². The van der Waals surface area contributed by atoms with Crippen molar-refractivity contribution in [3.05, 3.63) is 46.5 Å². The molecule has 0 spiro atoms. The zero-order valence-electron chi connectivity index (χ0n) is 11.7. The minimum Gasteiger partial charge on any atom is -0.368 e. The van der Waals surface area contributed by atoms with E-state index in [0.717, 1.165) is 5.69 Å². The standard InChI is InChI=1S/C13H14N6O3/c20-13(12-14-9-15-16-12)18-7-5-17(6-8-18)10-1-3-11(4-2-10)19(21)22/h1-4,9H,5-8H2,(H,14,15,16). The fourth-order valence-electron chi connectivity index (χ4n) is 2.41. The lowest BCUT2D eigenvalue weighted by molar-refractivity contribution is -0.384. The normalized spacial score (nSPS) is 14.9. The summed E-state index contributed by atoms with van der Waals surface area (Å²) in [5.41, 5.74) is 0.986. The molecule has 1 aliphatic rings. The quantitative estimate of drug-likeness (QED) is 0.659. The Morgan fingerprint density at radius 2 is 1.86 bits per heavy atom. The fourth-order valence-corrected chi connectivity index (χ4v) is 2.41. The molecule has 0 aliphatic carbocycles. The second-order valence-corrected chi connectivity index (χ2v) is 4.89. The van der Waals surface area contributed by atoms with Gasteiger partial charge in [0, 0.05) is 44.0 Å². The number of non-ortho nitro benzene ring substituents is 1. The summed E-state index contributed by atoms with van der Waals surface area (Å²) in [4.78, 5) is 30.0. The van der Waals surface area contributed by atoms with E-state index < -0.39 is 4.92 Å². The van der Waals surface area contributed by atoms with Gasteiger partial charge in [-0.2, -0.15) is 5.10 Å². The van der Waals surface area contributed by atoms with Crippen molar-refractivity contribution in [2.24, 2.45) is 0 Å². The number of rotatable bonds is 3. The molecule has 22 heavy (non-hydrogen) atoms. The smallest absolute Gasteiger partial charge is 0.291 e. The number of piperazine rings is 1. The summed E-state index contributed by atoms with van der Waals surface area (Å²) in [6, 6.07) is 6.43. The topological polar surface area (TPSA) is 108 Å². The molecule has 1 aromatic carbocycles. The summed E-state index contributed by atoms with van der Waals surface area (Å²) >= 11 is 0. The Bertz CT molecular complexity index is 662. The van der Waals surface area contributed by atoms with Gasteiger partial charge in [-0.05, 0) is 12.1 Å². The predicted molar refractivity (Wildman–Crippen MR) is 77.6 cm³/mol. The summed E-state index contributed by atoms with van der Waals surface area (Å²) in [6.07, 6.45) is 1.31. The van der Waals surface area contributed by atoms with Crippen LogP contribution in [0, 0.1) is 10.1 Å². The van der Waals surface area contributed by atoms with Crippen molar-refractivity contribution < 1.29 is 9.72 Å². The molecule has 0 radical (unpaired) electrons. The van der Waals surface area contributed by atoms with Gasteiger partial charge >= 0.3 is 0 Å². The van der Waals surface area contributed by atoms with Crippen LogP contribution in [0.15, 0.2) is 30.6 Å². The maximum absolute atomic E-state index is 12.1. The molecule has 0 saturated carbocycles. The third-order valence-electron chi connectivity index (χ3n) is 3.61. The molecule has 3 rings (SSSR count). The van der Waals surface area contributed by atoms with Crippen LogP contribution in [0.2, 0.25) is 0 Å². The highest BCUT2D eigenvalue weighted by molar-refractivity contribution is 5.90. The van der Waals surface area contributed by atoms with Crippen LogP contribution >= 0.6 is 0 Å². The first-order chi connectivity index (χ1) is 10.6. The second kappa shape index (κ2) is 5.80. The van der Waals surface area contributed by atoms with Crippen molar-refractivity contribution in [2.75, 3.05) is 31.1 Å². The number of nitro groups is 1. The zero-order valence-corrected chi connectivity index (χ0v) is 11.7. The van der Waals surface area contributed by atoms with Crippen LogP contribution in [0.3, 0.4) is 0 Å². The van der Waals surface area contributed by atoms with Gasteiger partial charge in [-0.3, -0.25) is 20.0 Å². The first-order valence-electron chi connectivity index (χ1n) is 6.79. The SMILES string of the molecule is O=C(c1ncn[nH]1)N1CCN(c2ccc([N+](=O)[O-])cc2)CC1. The monoisotopic (exact) mass is 302 g/mol. The number of anilines is 1. The number of hydrogen-bond donors (Lipinski definition) is 1. The number of nitrogens with one attached hydrogen (secondary N) is 1. The van der Waals surface area contributed by atoms with Crippen LogP contribution in [0.4, 0.5) is 11.4 Å². The highest BCUT2D eigenvalue weighted by atomic mass is 16.6. The van der Waals surface area contributed by atoms with Crippen LogP contribution in [0.1, 0.15) is 10.6 Å². The largest absolute Gasteiger partial charge is 0.368 e. The molecule has 9 heteroatoms. The maximum atomic E-state index is 12.1. The van der Waals surface area contributed by atoms with Gasteiger partial charge in [-0.1, -0.05) is 0 Å². The van der Waals surface area contributed by atoms with Gasteiger partial charge in [0.25, 0.3) is 11.6 Å². The number of hydrogen-bond acceptors (Lipinski definition) is 6. The van der Waals surface area contributed by atoms with E-state index in [-0.39, 0.29) is 17.4 Å². The second-order valence-electron chi connectivity index (χ2n) is 4.89. The van der Waals surface area contributed by atoms with E-state index in [2.05, 4.69) is 20.1 Å². The third kappa shape index (κ3) is 2.73. The Balaban J connectivity index is 1.62. The Morgan fingerprint density at radius 3 is 2.41 bits per heavy atom. The minimum absolute atomic E-state index is 0.0721. The van der Waals surface area contributed by atoms with Gasteiger partial charge in [0.1, 0.15) is 6.33 Å². The fraction of sp³-hybridized carbons (Fsp3) is 0.308. The average Bonchev–Trinajstić information content (AvgIpc) is 3.09. The van der Waals surface area contributed by atoms with Crippen molar-refractivity contribution >= 4 is 17.3 Å². The van der Waals surface area contributed by atoms with E-state index in [1.165, 1.54) is 18.5 Å². The van der Waals surface area contributed by atoms with Crippen LogP contribution in [-0.4, -0.2) is 57.1 Å². The lowest BCUT2D eigenvalue weighted by atomic mass is 10.2. The summed E-state index contributed by atoms with van der Waals surface area (Å²) in [7, 11) is 0. The minimum atomic E-state index is -0.419. The molecule has 1 N–H and O–H groups in total. The molecule has 114 valence electrons. The van der Waals surface area contributed by atoms with Crippen molar-refractivity contribution in [3.63, 3.8) is 0 Å². The van der Waals surface area contributed by atoms with Crippen molar-refractivity contribution in [2.45, 2.75) is 0 Å². The first-order valence-corrected chi connectivity index (χ1v) is 6.79. The lowest BCUT2D eigenvalue weighted by Gasteiger charge is -2.35. The summed E-state index contributed by atoms with van der Waals surface area (Å²) in [5, 5.41) is 16.9. The number of aromatic amines is 1. The summed E-state index contributed by atoms with van der Waals surface area (Å²) < 4.78 is 0. The Morgan fingerprint density at radius 1 is 1.18 bits per heavy atom. The molecule has 2 aromatic rings.